The van der Waals surface area contributed by atoms with E-state index in [9.17, 15) is 9.90 Å². The number of ether oxygens (including phenoxy) is 1. The third kappa shape index (κ3) is 3.62. The number of aliphatic hydroxyl groups is 1. The van der Waals surface area contributed by atoms with Crippen molar-refractivity contribution in [1.29, 1.82) is 0 Å². The Bertz CT molecular complexity index is 322. The fraction of sp³-hybridized carbons (Fsp3) is 0.929. The standard InChI is InChI=1S/C14H27N3O3/c1-16(2)13(19)17-7-5-14(11-18,6-8-17)15-10-12-4-3-9-20-12/h12,15,18H,3-11H2,1-2H3. The predicted molar refractivity (Wildman–Crippen MR) is 76.7 cm³/mol. The van der Waals surface area contributed by atoms with Gasteiger partial charge in [-0.2, -0.15) is 0 Å². The highest BCUT2D eigenvalue weighted by Gasteiger charge is 2.36. The first-order valence-corrected chi connectivity index (χ1v) is 7.50. The summed E-state index contributed by atoms with van der Waals surface area (Å²) >= 11 is 0. The van der Waals surface area contributed by atoms with Gasteiger partial charge in [-0.3, -0.25) is 0 Å². The van der Waals surface area contributed by atoms with Gasteiger partial charge in [0.25, 0.3) is 0 Å². The number of piperidine rings is 1. The Morgan fingerprint density at radius 2 is 2.15 bits per heavy atom. The maximum Gasteiger partial charge on any atom is 0.319 e. The van der Waals surface area contributed by atoms with Crippen LogP contribution >= 0.6 is 0 Å². The zero-order chi connectivity index (χ0) is 14.6. The van der Waals surface area contributed by atoms with Gasteiger partial charge >= 0.3 is 6.03 Å². The third-order valence-corrected chi connectivity index (χ3v) is 4.41. The number of nitrogens with zero attached hydrogens (tertiary/aromatic N) is 2. The van der Waals surface area contributed by atoms with Gasteiger partial charge in [0.15, 0.2) is 0 Å². The number of carbonyl (C=O) groups is 1. The zero-order valence-corrected chi connectivity index (χ0v) is 12.6. The van der Waals surface area contributed by atoms with Crippen LogP contribution in [0.1, 0.15) is 25.7 Å². The van der Waals surface area contributed by atoms with Crippen molar-refractivity contribution in [3.8, 4) is 0 Å². The van der Waals surface area contributed by atoms with Crippen molar-refractivity contribution in [3.05, 3.63) is 0 Å². The molecule has 2 heterocycles. The van der Waals surface area contributed by atoms with E-state index in [1.165, 1.54) is 0 Å². The van der Waals surface area contributed by atoms with Gasteiger partial charge in [0.2, 0.25) is 0 Å². The van der Waals surface area contributed by atoms with Crippen LogP contribution in [0.2, 0.25) is 0 Å². The average Bonchev–Trinajstić information content (AvgIpc) is 2.98. The molecule has 0 bridgehead atoms. The number of hydrogen-bond acceptors (Lipinski definition) is 4. The summed E-state index contributed by atoms with van der Waals surface area (Å²) in [5.74, 6) is 0. The lowest BCUT2D eigenvalue weighted by Gasteiger charge is -2.42. The van der Waals surface area contributed by atoms with Crippen LogP contribution in [0.3, 0.4) is 0 Å². The Morgan fingerprint density at radius 3 is 2.65 bits per heavy atom. The summed E-state index contributed by atoms with van der Waals surface area (Å²) in [6.45, 7) is 3.14. The van der Waals surface area contributed by atoms with Crippen molar-refractivity contribution in [2.24, 2.45) is 0 Å². The quantitative estimate of drug-likeness (QED) is 0.778. The molecule has 0 spiro atoms. The monoisotopic (exact) mass is 285 g/mol. The second-order valence-electron chi connectivity index (χ2n) is 6.12. The first kappa shape index (κ1) is 15.5. The van der Waals surface area contributed by atoms with Crippen LogP contribution in [0.5, 0.6) is 0 Å². The van der Waals surface area contributed by atoms with E-state index >= 15 is 0 Å². The topological polar surface area (TPSA) is 65.0 Å². The van der Waals surface area contributed by atoms with E-state index in [1.807, 2.05) is 4.90 Å². The van der Waals surface area contributed by atoms with Crippen LogP contribution in [-0.4, -0.2) is 79.5 Å². The first-order chi connectivity index (χ1) is 9.56. The Kier molecular flexibility index (Phi) is 5.23. The molecule has 0 aromatic carbocycles. The molecule has 2 fully saturated rings. The molecule has 2 aliphatic rings. The van der Waals surface area contributed by atoms with Crippen molar-refractivity contribution < 1.29 is 14.6 Å². The molecule has 20 heavy (non-hydrogen) atoms. The molecule has 2 amide bonds. The molecule has 116 valence electrons. The van der Waals surface area contributed by atoms with Crippen molar-refractivity contribution >= 4 is 6.03 Å². The highest BCUT2D eigenvalue weighted by atomic mass is 16.5. The number of carbonyl (C=O) groups excluding carboxylic acids is 1. The molecule has 1 unspecified atom stereocenters. The van der Waals surface area contributed by atoms with Gasteiger partial charge in [-0.05, 0) is 25.7 Å². The Labute approximate surface area is 121 Å². The van der Waals surface area contributed by atoms with Gasteiger partial charge in [-0.25, -0.2) is 4.79 Å². The smallest absolute Gasteiger partial charge is 0.319 e. The number of aliphatic hydroxyl groups excluding tert-OH is 1. The summed E-state index contributed by atoms with van der Waals surface area (Å²) in [5.41, 5.74) is -0.255. The van der Waals surface area contributed by atoms with E-state index in [0.717, 1.165) is 38.8 Å². The van der Waals surface area contributed by atoms with Gasteiger partial charge in [0.1, 0.15) is 0 Å². The lowest BCUT2D eigenvalue weighted by atomic mass is 9.88. The van der Waals surface area contributed by atoms with E-state index in [-0.39, 0.29) is 24.3 Å². The summed E-state index contributed by atoms with van der Waals surface area (Å²) in [6, 6.07) is 0.0515. The fourth-order valence-electron chi connectivity index (χ4n) is 2.94. The lowest BCUT2D eigenvalue weighted by molar-refractivity contribution is 0.0582. The molecule has 2 aliphatic heterocycles. The average molecular weight is 285 g/mol. The number of likely N-dealkylation sites (tertiary alicyclic amines) is 1. The summed E-state index contributed by atoms with van der Waals surface area (Å²) in [5, 5.41) is 13.2. The lowest BCUT2D eigenvalue weighted by Crippen LogP contribution is -2.58. The van der Waals surface area contributed by atoms with Gasteiger partial charge in [-0.1, -0.05) is 0 Å². The zero-order valence-electron chi connectivity index (χ0n) is 12.6. The van der Waals surface area contributed by atoms with E-state index in [2.05, 4.69) is 5.32 Å². The molecule has 2 rings (SSSR count). The number of hydrogen-bond donors (Lipinski definition) is 2. The van der Waals surface area contributed by atoms with E-state index in [0.29, 0.717) is 13.1 Å². The van der Waals surface area contributed by atoms with Crippen LogP contribution in [0.25, 0.3) is 0 Å². The highest BCUT2D eigenvalue weighted by Crippen LogP contribution is 2.23. The number of nitrogens with one attached hydrogen (secondary N) is 1. The summed E-state index contributed by atoms with van der Waals surface area (Å²) in [4.78, 5) is 15.4. The molecule has 0 aromatic heterocycles. The maximum atomic E-state index is 11.9. The molecule has 0 radical (unpaired) electrons. The van der Waals surface area contributed by atoms with Gasteiger partial charge < -0.3 is 25.0 Å². The van der Waals surface area contributed by atoms with Crippen molar-refractivity contribution in [2.75, 3.05) is 46.9 Å². The van der Waals surface area contributed by atoms with Crippen molar-refractivity contribution in [1.82, 2.24) is 15.1 Å². The molecular formula is C14H27N3O3. The first-order valence-electron chi connectivity index (χ1n) is 7.50. The third-order valence-electron chi connectivity index (χ3n) is 4.41. The van der Waals surface area contributed by atoms with Crippen LogP contribution < -0.4 is 5.32 Å². The maximum absolute atomic E-state index is 11.9. The van der Waals surface area contributed by atoms with Gasteiger partial charge in [0.05, 0.1) is 12.7 Å². The van der Waals surface area contributed by atoms with E-state index < -0.39 is 0 Å². The minimum atomic E-state index is -0.255. The highest BCUT2D eigenvalue weighted by molar-refractivity contribution is 5.73. The molecule has 0 saturated carbocycles. The van der Waals surface area contributed by atoms with Crippen LogP contribution in [-0.2, 0) is 4.74 Å². The van der Waals surface area contributed by atoms with Gasteiger partial charge in [0, 0.05) is 45.9 Å². The Balaban J connectivity index is 1.82. The van der Waals surface area contributed by atoms with Gasteiger partial charge in [-0.15, -0.1) is 0 Å². The molecule has 1 atom stereocenters. The Hall–Kier alpha value is -0.850. The predicted octanol–water partition coefficient (Wildman–Crippen LogP) is 0.264. The molecule has 6 nitrogen and oxygen atoms in total. The minimum Gasteiger partial charge on any atom is -0.394 e. The second-order valence-corrected chi connectivity index (χ2v) is 6.12. The number of urea groups is 1. The molecule has 2 saturated heterocycles. The largest absolute Gasteiger partial charge is 0.394 e. The summed E-state index contributed by atoms with van der Waals surface area (Å²) in [6.07, 6.45) is 4.08. The number of amides is 2. The minimum absolute atomic E-state index is 0.0515. The summed E-state index contributed by atoms with van der Waals surface area (Å²) in [7, 11) is 3.54. The van der Waals surface area contributed by atoms with E-state index in [1.54, 1.807) is 19.0 Å². The second kappa shape index (κ2) is 6.74. The molecule has 0 aromatic rings. The fourth-order valence-corrected chi connectivity index (χ4v) is 2.94. The normalized spacial score (nSPS) is 25.8. The Morgan fingerprint density at radius 1 is 1.45 bits per heavy atom. The summed E-state index contributed by atoms with van der Waals surface area (Å²) < 4.78 is 5.61. The van der Waals surface area contributed by atoms with Crippen molar-refractivity contribution in [2.45, 2.75) is 37.3 Å². The van der Waals surface area contributed by atoms with E-state index in [4.69, 9.17) is 4.74 Å². The SMILES string of the molecule is CN(C)C(=O)N1CCC(CO)(NCC2CCCO2)CC1. The number of rotatable bonds is 4. The molecular weight excluding hydrogens is 258 g/mol. The van der Waals surface area contributed by atoms with Crippen LogP contribution in [0.4, 0.5) is 4.79 Å². The van der Waals surface area contributed by atoms with Crippen LogP contribution in [0.15, 0.2) is 0 Å². The van der Waals surface area contributed by atoms with Crippen LogP contribution in [0, 0.1) is 0 Å². The molecule has 6 heteroatoms. The molecule has 2 N–H and O–H groups in total. The molecule has 0 aliphatic carbocycles. The van der Waals surface area contributed by atoms with Crippen molar-refractivity contribution in [3.63, 3.8) is 0 Å².